The standard InChI is InChI=1S/C19H24N2O4/c1-2-10-25-11-4-6-13-5-3-7-14-15(13)12-21(19(14)24)16-8-9-17(22)20-18(16)23/h3,5,7,16H,2,4,6,8-12H2,1H3,(H,20,22,23). The Labute approximate surface area is 147 Å². The summed E-state index contributed by atoms with van der Waals surface area (Å²) >= 11 is 0. The van der Waals surface area contributed by atoms with Gasteiger partial charge in [-0.1, -0.05) is 19.1 Å². The fraction of sp³-hybridized carbons (Fsp3) is 0.526. The molecule has 1 aromatic carbocycles. The first-order valence-corrected chi connectivity index (χ1v) is 8.95. The number of nitrogens with zero attached hydrogens (tertiary/aromatic N) is 1. The van der Waals surface area contributed by atoms with Crippen molar-refractivity contribution in [2.75, 3.05) is 13.2 Å². The van der Waals surface area contributed by atoms with Gasteiger partial charge in [-0.25, -0.2) is 0 Å². The molecule has 0 radical (unpaired) electrons. The lowest BCUT2D eigenvalue weighted by Gasteiger charge is -2.29. The fourth-order valence-corrected chi connectivity index (χ4v) is 3.50. The number of aryl methyl sites for hydroxylation is 1. The zero-order chi connectivity index (χ0) is 17.8. The minimum Gasteiger partial charge on any atom is -0.381 e. The van der Waals surface area contributed by atoms with Crippen LogP contribution < -0.4 is 5.32 Å². The first-order valence-electron chi connectivity index (χ1n) is 8.95. The third-order valence-electron chi connectivity index (χ3n) is 4.76. The normalized spacial score (nSPS) is 20.0. The molecule has 0 aromatic heterocycles. The smallest absolute Gasteiger partial charge is 0.255 e. The molecule has 6 heteroatoms. The van der Waals surface area contributed by atoms with Gasteiger partial charge in [-0.2, -0.15) is 0 Å². The van der Waals surface area contributed by atoms with E-state index in [-0.39, 0.29) is 24.1 Å². The first kappa shape index (κ1) is 17.6. The van der Waals surface area contributed by atoms with E-state index in [9.17, 15) is 14.4 Å². The summed E-state index contributed by atoms with van der Waals surface area (Å²) in [5.41, 5.74) is 2.82. The van der Waals surface area contributed by atoms with E-state index in [0.717, 1.165) is 37.0 Å². The molecule has 6 nitrogen and oxygen atoms in total. The number of fused-ring (bicyclic) bond motifs is 1. The number of imide groups is 1. The highest BCUT2D eigenvalue weighted by Gasteiger charge is 2.39. The molecule has 2 aliphatic rings. The van der Waals surface area contributed by atoms with E-state index in [1.165, 1.54) is 0 Å². The number of carbonyl (C=O) groups excluding carboxylic acids is 3. The molecule has 134 valence electrons. The molecular weight excluding hydrogens is 320 g/mol. The number of amides is 3. The summed E-state index contributed by atoms with van der Waals surface area (Å²) in [7, 11) is 0. The van der Waals surface area contributed by atoms with Gasteiger partial charge in [0.15, 0.2) is 0 Å². The third-order valence-corrected chi connectivity index (χ3v) is 4.76. The SMILES string of the molecule is CCCOCCCc1cccc2c1CN(C1CCC(=O)NC1=O)C2=O. The molecule has 0 saturated carbocycles. The molecule has 1 aromatic rings. The van der Waals surface area contributed by atoms with Crippen LogP contribution in [0.15, 0.2) is 18.2 Å². The van der Waals surface area contributed by atoms with Crippen molar-refractivity contribution in [2.45, 2.75) is 51.6 Å². The van der Waals surface area contributed by atoms with Crippen LogP contribution in [-0.4, -0.2) is 41.9 Å². The molecule has 25 heavy (non-hydrogen) atoms. The van der Waals surface area contributed by atoms with E-state index in [0.29, 0.717) is 25.1 Å². The Hall–Kier alpha value is -2.21. The van der Waals surface area contributed by atoms with Gasteiger partial charge in [-0.15, -0.1) is 0 Å². The van der Waals surface area contributed by atoms with E-state index in [1.54, 1.807) is 4.90 Å². The van der Waals surface area contributed by atoms with E-state index in [4.69, 9.17) is 4.74 Å². The summed E-state index contributed by atoms with van der Waals surface area (Å²) in [6.07, 6.45) is 3.44. The van der Waals surface area contributed by atoms with Crippen LogP contribution in [0.5, 0.6) is 0 Å². The predicted octanol–water partition coefficient (Wildman–Crippen LogP) is 1.81. The minimum atomic E-state index is -0.557. The van der Waals surface area contributed by atoms with Crippen LogP contribution in [0.3, 0.4) is 0 Å². The highest BCUT2D eigenvalue weighted by molar-refractivity contribution is 6.05. The molecule has 1 fully saturated rings. The van der Waals surface area contributed by atoms with Crippen LogP contribution in [0.25, 0.3) is 0 Å². The molecule has 0 spiro atoms. The molecule has 2 heterocycles. The molecule has 1 unspecified atom stereocenters. The predicted molar refractivity (Wildman–Crippen MR) is 91.9 cm³/mol. The number of carbonyl (C=O) groups is 3. The molecule has 1 N–H and O–H groups in total. The molecule has 0 bridgehead atoms. The van der Waals surface area contributed by atoms with Gasteiger partial charge in [0.25, 0.3) is 5.91 Å². The van der Waals surface area contributed by atoms with Gasteiger partial charge < -0.3 is 9.64 Å². The molecular formula is C19H24N2O4. The lowest BCUT2D eigenvalue weighted by Crippen LogP contribution is -2.52. The van der Waals surface area contributed by atoms with Crippen molar-refractivity contribution in [3.8, 4) is 0 Å². The molecule has 2 aliphatic heterocycles. The second kappa shape index (κ2) is 7.78. The largest absolute Gasteiger partial charge is 0.381 e. The topological polar surface area (TPSA) is 75.7 Å². The maximum Gasteiger partial charge on any atom is 0.255 e. The average molecular weight is 344 g/mol. The van der Waals surface area contributed by atoms with E-state index >= 15 is 0 Å². The second-order valence-corrected chi connectivity index (χ2v) is 6.56. The van der Waals surface area contributed by atoms with Crippen LogP contribution >= 0.6 is 0 Å². The van der Waals surface area contributed by atoms with Gasteiger partial charge in [-0.3, -0.25) is 19.7 Å². The maximum absolute atomic E-state index is 12.7. The number of piperidine rings is 1. The number of hydrogen-bond donors (Lipinski definition) is 1. The lowest BCUT2D eigenvalue weighted by molar-refractivity contribution is -0.136. The van der Waals surface area contributed by atoms with Crippen molar-refractivity contribution >= 4 is 17.7 Å². The molecule has 1 saturated heterocycles. The van der Waals surface area contributed by atoms with Gasteiger partial charge in [0.2, 0.25) is 11.8 Å². The zero-order valence-electron chi connectivity index (χ0n) is 14.5. The van der Waals surface area contributed by atoms with E-state index in [1.807, 2.05) is 18.2 Å². The summed E-state index contributed by atoms with van der Waals surface area (Å²) in [5, 5.41) is 2.33. The summed E-state index contributed by atoms with van der Waals surface area (Å²) in [5.74, 6) is -0.751. The van der Waals surface area contributed by atoms with Gasteiger partial charge in [-0.05, 0) is 42.9 Å². The van der Waals surface area contributed by atoms with Crippen LogP contribution in [0, 0.1) is 0 Å². The van der Waals surface area contributed by atoms with Crippen molar-refractivity contribution in [1.29, 1.82) is 0 Å². The van der Waals surface area contributed by atoms with Crippen LogP contribution in [0.4, 0.5) is 0 Å². The third kappa shape index (κ3) is 3.74. The maximum atomic E-state index is 12.7. The van der Waals surface area contributed by atoms with E-state index < -0.39 is 6.04 Å². The van der Waals surface area contributed by atoms with Gasteiger partial charge >= 0.3 is 0 Å². The lowest BCUT2D eigenvalue weighted by atomic mass is 10.00. The summed E-state index contributed by atoms with van der Waals surface area (Å²) < 4.78 is 5.52. The minimum absolute atomic E-state index is 0.117. The quantitative estimate of drug-likeness (QED) is 0.605. The van der Waals surface area contributed by atoms with Crippen molar-refractivity contribution in [3.63, 3.8) is 0 Å². The number of rotatable bonds is 7. The monoisotopic (exact) mass is 344 g/mol. The Kier molecular flexibility index (Phi) is 5.48. The van der Waals surface area contributed by atoms with Gasteiger partial charge in [0.1, 0.15) is 6.04 Å². The highest BCUT2D eigenvalue weighted by atomic mass is 16.5. The van der Waals surface area contributed by atoms with Crippen LogP contribution in [-0.2, 0) is 27.3 Å². The summed E-state index contributed by atoms with van der Waals surface area (Å²) in [4.78, 5) is 37.8. The highest BCUT2D eigenvalue weighted by Crippen LogP contribution is 2.30. The summed E-state index contributed by atoms with van der Waals surface area (Å²) in [6, 6.07) is 5.20. The zero-order valence-corrected chi connectivity index (χ0v) is 14.5. The van der Waals surface area contributed by atoms with E-state index in [2.05, 4.69) is 12.2 Å². The second-order valence-electron chi connectivity index (χ2n) is 6.56. The Balaban J connectivity index is 1.69. The van der Waals surface area contributed by atoms with Crippen molar-refractivity contribution in [1.82, 2.24) is 10.2 Å². The number of benzene rings is 1. The Morgan fingerprint density at radius 2 is 2.08 bits per heavy atom. The van der Waals surface area contributed by atoms with Crippen LogP contribution in [0.1, 0.15) is 54.1 Å². The molecule has 0 aliphatic carbocycles. The Morgan fingerprint density at radius 3 is 2.84 bits per heavy atom. The van der Waals surface area contributed by atoms with Gasteiger partial charge in [0.05, 0.1) is 0 Å². The Morgan fingerprint density at radius 1 is 1.24 bits per heavy atom. The fourth-order valence-electron chi connectivity index (χ4n) is 3.50. The van der Waals surface area contributed by atoms with Crippen molar-refractivity contribution < 1.29 is 19.1 Å². The average Bonchev–Trinajstić information content (AvgIpc) is 2.92. The molecule has 1 atom stereocenters. The number of hydrogen-bond acceptors (Lipinski definition) is 4. The van der Waals surface area contributed by atoms with Crippen molar-refractivity contribution in [3.05, 3.63) is 34.9 Å². The number of nitrogens with one attached hydrogen (secondary N) is 1. The van der Waals surface area contributed by atoms with Gasteiger partial charge in [0, 0.05) is 31.7 Å². The first-order chi connectivity index (χ1) is 12.1. The molecule has 3 amide bonds. The molecule has 3 rings (SSSR count). The Bertz CT molecular complexity index is 686. The van der Waals surface area contributed by atoms with Crippen molar-refractivity contribution in [2.24, 2.45) is 0 Å². The summed E-state index contributed by atoms with van der Waals surface area (Å²) in [6.45, 7) is 4.00. The number of ether oxygens (including phenoxy) is 1. The van der Waals surface area contributed by atoms with Crippen LogP contribution in [0.2, 0.25) is 0 Å².